The molecule has 1 aromatic carbocycles. The Kier molecular flexibility index (Phi) is 4.99. The number of anilines is 2. The van der Waals surface area contributed by atoms with Crippen LogP contribution < -0.4 is 15.7 Å². The van der Waals surface area contributed by atoms with E-state index in [1.165, 1.54) is 0 Å². The summed E-state index contributed by atoms with van der Waals surface area (Å²) in [6.45, 7) is 3.57. The van der Waals surface area contributed by atoms with Crippen molar-refractivity contribution in [2.45, 2.75) is 26.7 Å². The molecular formula is C17H19NO4. The minimum absolute atomic E-state index is 0.0725. The number of carbonyl (C=O) groups is 1. The molecule has 116 valence electrons. The van der Waals surface area contributed by atoms with Gasteiger partial charge in [0.15, 0.2) is 5.78 Å². The summed E-state index contributed by atoms with van der Waals surface area (Å²) in [5, 5.41) is 3.11. The van der Waals surface area contributed by atoms with Gasteiger partial charge < -0.3 is 14.5 Å². The maximum atomic E-state index is 12.2. The van der Waals surface area contributed by atoms with Crippen molar-refractivity contribution in [2.75, 3.05) is 12.4 Å². The maximum absolute atomic E-state index is 12.2. The van der Waals surface area contributed by atoms with Gasteiger partial charge in [-0.2, -0.15) is 0 Å². The standard InChI is InChI=1S/C17H19NO4/c1-4-5-15(19)16-14(10-11(2)22-17(16)20)18-12-6-8-13(21-3)9-7-12/h6-10,18H,4-5H2,1-3H3. The van der Waals surface area contributed by atoms with Gasteiger partial charge >= 0.3 is 5.63 Å². The van der Waals surface area contributed by atoms with Crippen LogP contribution in [-0.4, -0.2) is 12.9 Å². The second-order valence-electron chi connectivity index (χ2n) is 4.96. The van der Waals surface area contributed by atoms with Gasteiger partial charge in [-0.15, -0.1) is 0 Å². The number of methoxy groups -OCH3 is 1. The van der Waals surface area contributed by atoms with Crippen molar-refractivity contribution in [3.8, 4) is 5.75 Å². The normalized spacial score (nSPS) is 10.3. The molecule has 2 rings (SSSR count). The third-order valence-corrected chi connectivity index (χ3v) is 3.20. The first-order chi connectivity index (χ1) is 10.5. The first-order valence-electron chi connectivity index (χ1n) is 7.14. The summed E-state index contributed by atoms with van der Waals surface area (Å²) < 4.78 is 10.2. The lowest BCUT2D eigenvalue weighted by Crippen LogP contribution is -2.17. The fourth-order valence-corrected chi connectivity index (χ4v) is 2.16. The highest BCUT2D eigenvalue weighted by molar-refractivity contribution is 6.01. The lowest BCUT2D eigenvalue weighted by atomic mass is 10.1. The molecule has 5 nitrogen and oxygen atoms in total. The van der Waals surface area contributed by atoms with Crippen LogP contribution in [0.1, 0.15) is 35.9 Å². The van der Waals surface area contributed by atoms with Gasteiger partial charge in [0.1, 0.15) is 17.1 Å². The molecular weight excluding hydrogens is 282 g/mol. The van der Waals surface area contributed by atoms with Gasteiger partial charge in [0.2, 0.25) is 0 Å². The van der Waals surface area contributed by atoms with Crippen molar-refractivity contribution >= 4 is 17.2 Å². The van der Waals surface area contributed by atoms with E-state index in [2.05, 4.69) is 5.32 Å². The minimum Gasteiger partial charge on any atom is -0.497 e. The van der Waals surface area contributed by atoms with Crippen LogP contribution in [0.15, 0.2) is 39.5 Å². The van der Waals surface area contributed by atoms with Crippen molar-refractivity contribution in [3.63, 3.8) is 0 Å². The number of ketones is 1. The summed E-state index contributed by atoms with van der Waals surface area (Å²) in [6, 6.07) is 8.89. The number of benzene rings is 1. The molecule has 0 unspecified atom stereocenters. The third-order valence-electron chi connectivity index (χ3n) is 3.20. The summed E-state index contributed by atoms with van der Waals surface area (Å²) in [6.07, 6.45) is 0.985. The number of hydrogen-bond acceptors (Lipinski definition) is 5. The van der Waals surface area contributed by atoms with Gasteiger partial charge in [0, 0.05) is 18.2 Å². The summed E-state index contributed by atoms with van der Waals surface area (Å²) in [7, 11) is 1.59. The van der Waals surface area contributed by atoms with E-state index in [1.54, 1.807) is 32.2 Å². The van der Waals surface area contributed by atoms with Crippen LogP contribution in [-0.2, 0) is 0 Å². The lowest BCUT2D eigenvalue weighted by Gasteiger charge is -2.11. The molecule has 1 aromatic heterocycles. The SMILES string of the molecule is CCCC(=O)c1c(Nc2ccc(OC)cc2)cc(C)oc1=O. The molecule has 2 aromatic rings. The van der Waals surface area contributed by atoms with Crippen LogP contribution in [0.3, 0.4) is 0 Å². The fourth-order valence-electron chi connectivity index (χ4n) is 2.16. The summed E-state index contributed by atoms with van der Waals surface area (Å²) >= 11 is 0. The largest absolute Gasteiger partial charge is 0.497 e. The molecule has 1 heterocycles. The van der Waals surface area contributed by atoms with Gasteiger partial charge in [-0.1, -0.05) is 6.92 Å². The van der Waals surface area contributed by atoms with Gasteiger partial charge in [-0.05, 0) is 37.6 Å². The Bertz CT molecular complexity index is 716. The second-order valence-corrected chi connectivity index (χ2v) is 4.96. The zero-order chi connectivity index (χ0) is 16.1. The molecule has 22 heavy (non-hydrogen) atoms. The number of rotatable bonds is 6. The first-order valence-corrected chi connectivity index (χ1v) is 7.14. The Hall–Kier alpha value is -2.56. The second kappa shape index (κ2) is 6.93. The van der Waals surface area contributed by atoms with Crippen LogP contribution in [0.25, 0.3) is 0 Å². The smallest absolute Gasteiger partial charge is 0.348 e. The highest BCUT2D eigenvalue weighted by Crippen LogP contribution is 2.23. The van der Waals surface area contributed by atoms with Crippen molar-refractivity contribution in [1.29, 1.82) is 0 Å². The molecule has 0 bridgehead atoms. The molecule has 0 radical (unpaired) electrons. The van der Waals surface area contributed by atoms with E-state index in [0.29, 0.717) is 24.3 Å². The molecule has 0 saturated carbocycles. The number of nitrogens with one attached hydrogen (secondary N) is 1. The Morgan fingerprint density at radius 1 is 1.27 bits per heavy atom. The number of Topliss-reactive ketones (excluding diaryl/α,β-unsaturated/α-hetero) is 1. The number of ether oxygens (including phenoxy) is 1. The maximum Gasteiger partial charge on any atom is 0.348 e. The summed E-state index contributed by atoms with van der Waals surface area (Å²) in [4.78, 5) is 24.2. The van der Waals surface area contributed by atoms with Crippen LogP contribution in [0.4, 0.5) is 11.4 Å². The van der Waals surface area contributed by atoms with E-state index >= 15 is 0 Å². The topological polar surface area (TPSA) is 68.5 Å². The monoisotopic (exact) mass is 301 g/mol. The average Bonchev–Trinajstić information content (AvgIpc) is 2.47. The van der Waals surface area contributed by atoms with Crippen LogP contribution in [0.5, 0.6) is 5.75 Å². The number of aryl methyl sites for hydroxylation is 1. The van der Waals surface area contributed by atoms with E-state index in [-0.39, 0.29) is 11.3 Å². The highest BCUT2D eigenvalue weighted by Gasteiger charge is 2.18. The summed E-state index contributed by atoms with van der Waals surface area (Å²) in [5.41, 5.74) is 0.700. The fraction of sp³-hybridized carbons (Fsp3) is 0.294. The molecule has 0 fully saturated rings. The van der Waals surface area contributed by atoms with E-state index in [1.807, 2.05) is 19.1 Å². The van der Waals surface area contributed by atoms with Gasteiger partial charge in [0.25, 0.3) is 0 Å². The quantitative estimate of drug-likeness (QED) is 0.824. The molecule has 0 atom stereocenters. The highest BCUT2D eigenvalue weighted by atomic mass is 16.5. The minimum atomic E-state index is -0.602. The Morgan fingerprint density at radius 3 is 2.55 bits per heavy atom. The van der Waals surface area contributed by atoms with Crippen molar-refractivity contribution in [2.24, 2.45) is 0 Å². The Labute approximate surface area is 128 Å². The van der Waals surface area contributed by atoms with E-state index < -0.39 is 5.63 Å². The summed E-state index contributed by atoms with van der Waals surface area (Å²) in [5.74, 6) is 0.970. The van der Waals surface area contributed by atoms with E-state index in [0.717, 1.165) is 11.4 Å². The van der Waals surface area contributed by atoms with Crippen molar-refractivity contribution in [1.82, 2.24) is 0 Å². The van der Waals surface area contributed by atoms with Crippen LogP contribution >= 0.6 is 0 Å². The van der Waals surface area contributed by atoms with Crippen LogP contribution in [0, 0.1) is 6.92 Å². The molecule has 0 aliphatic rings. The lowest BCUT2D eigenvalue weighted by molar-refractivity contribution is 0.0978. The van der Waals surface area contributed by atoms with Gasteiger partial charge in [-0.25, -0.2) is 4.79 Å². The number of hydrogen-bond donors (Lipinski definition) is 1. The molecule has 0 aliphatic heterocycles. The third kappa shape index (κ3) is 3.55. The Balaban J connectivity index is 2.40. The van der Waals surface area contributed by atoms with E-state index in [4.69, 9.17) is 9.15 Å². The Morgan fingerprint density at radius 2 is 1.95 bits per heavy atom. The van der Waals surface area contributed by atoms with Crippen molar-refractivity contribution in [3.05, 3.63) is 52.1 Å². The molecule has 0 saturated heterocycles. The molecule has 5 heteroatoms. The molecule has 0 aliphatic carbocycles. The van der Waals surface area contributed by atoms with E-state index in [9.17, 15) is 9.59 Å². The molecule has 0 spiro atoms. The predicted octanol–water partition coefficient (Wildman–Crippen LogP) is 3.68. The van der Waals surface area contributed by atoms with Gasteiger partial charge in [0.05, 0.1) is 12.8 Å². The first kappa shape index (κ1) is 15.8. The zero-order valence-electron chi connectivity index (χ0n) is 12.9. The number of carbonyl (C=O) groups excluding carboxylic acids is 1. The zero-order valence-corrected chi connectivity index (χ0v) is 12.9. The molecule has 1 N–H and O–H groups in total. The predicted molar refractivity (Wildman–Crippen MR) is 85.2 cm³/mol. The van der Waals surface area contributed by atoms with Gasteiger partial charge in [-0.3, -0.25) is 4.79 Å². The van der Waals surface area contributed by atoms with Crippen LogP contribution in [0.2, 0.25) is 0 Å². The van der Waals surface area contributed by atoms with Crippen molar-refractivity contribution < 1.29 is 13.9 Å². The molecule has 0 amide bonds. The average molecular weight is 301 g/mol.